The minimum absolute atomic E-state index is 0.183. The number of halogens is 1. The summed E-state index contributed by atoms with van der Waals surface area (Å²) < 4.78 is 7.42. The second kappa shape index (κ2) is 6.80. The predicted molar refractivity (Wildman–Crippen MR) is 90.4 cm³/mol. The lowest BCUT2D eigenvalue weighted by Crippen LogP contribution is -2.44. The van der Waals surface area contributed by atoms with Gasteiger partial charge in [0.2, 0.25) is 0 Å². The maximum absolute atomic E-state index is 6.25. The minimum atomic E-state index is 0.183. The summed E-state index contributed by atoms with van der Waals surface area (Å²) in [5.41, 5.74) is 1.58. The number of rotatable bonds is 3. The summed E-state index contributed by atoms with van der Waals surface area (Å²) in [6.45, 7) is 0.927. The Labute approximate surface area is 136 Å². The van der Waals surface area contributed by atoms with E-state index in [0.29, 0.717) is 12.0 Å². The van der Waals surface area contributed by atoms with Gasteiger partial charge >= 0.3 is 0 Å². The van der Waals surface area contributed by atoms with Gasteiger partial charge in [0.15, 0.2) is 0 Å². The Kier molecular flexibility index (Phi) is 5.03. The Morgan fingerprint density at radius 1 is 1.29 bits per heavy atom. The fraction of sp³-hybridized carbons (Fsp3) is 0.667. The van der Waals surface area contributed by atoms with Crippen LogP contribution in [0.25, 0.3) is 0 Å². The second-order valence-electron chi connectivity index (χ2n) is 6.67. The number of ether oxygens (including phenoxy) is 1. The third-order valence-electron chi connectivity index (χ3n) is 5.29. The summed E-state index contributed by atoms with van der Waals surface area (Å²) >= 11 is 3.60. The zero-order chi connectivity index (χ0) is 14.7. The van der Waals surface area contributed by atoms with Crippen LogP contribution in [-0.2, 0) is 4.74 Å². The molecule has 0 bridgehead atoms. The maximum Gasteiger partial charge on any atom is 0.0686 e. The lowest BCUT2D eigenvalue weighted by molar-refractivity contribution is -0.121. The van der Waals surface area contributed by atoms with Crippen molar-refractivity contribution >= 4 is 15.9 Å². The average Bonchev–Trinajstić information content (AvgIpc) is 2.49. The van der Waals surface area contributed by atoms with Crippen LogP contribution in [0, 0.1) is 5.92 Å². The van der Waals surface area contributed by atoms with Crippen LogP contribution >= 0.6 is 15.9 Å². The normalized spacial score (nSPS) is 26.7. The van der Waals surface area contributed by atoms with Crippen molar-refractivity contribution in [3.8, 4) is 0 Å². The first-order valence-electron chi connectivity index (χ1n) is 8.29. The van der Waals surface area contributed by atoms with Crippen molar-refractivity contribution in [3.63, 3.8) is 0 Å². The van der Waals surface area contributed by atoms with E-state index in [1.807, 2.05) is 0 Å². The quantitative estimate of drug-likeness (QED) is 0.841. The molecule has 1 heterocycles. The van der Waals surface area contributed by atoms with Gasteiger partial charge in [0, 0.05) is 17.1 Å². The molecule has 2 atom stereocenters. The first kappa shape index (κ1) is 15.5. The lowest BCUT2D eigenvalue weighted by atomic mass is 9.73. The van der Waals surface area contributed by atoms with E-state index in [9.17, 15) is 0 Å². The van der Waals surface area contributed by atoms with Crippen molar-refractivity contribution in [1.29, 1.82) is 0 Å². The van der Waals surface area contributed by atoms with Crippen LogP contribution < -0.4 is 5.32 Å². The van der Waals surface area contributed by atoms with Crippen molar-refractivity contribution in [3.05, 3.63) is 34.3 Å². The van der Waals surface area contributed by atoms with E-state index in [0.717, 1.165) is 6.61 Å². The molecule has 1 spiro atoms. The van der Waals surface area contributed by atoms with Crippen LogP contribution in [0.5, 0.6) is 0 Å². The van der Waals surface area contributed by atoms with Crippen molar-refractivity contribution in [2.45, 2.75) is 56.6 Å². The molecule has 2 nitrogen and oxygen atoms in total. The number of hydrogen-bond acceptors (Lipinski definition) is 2. The minimum Gasteiger partial charge on any atom is -0.375 e. The largest absolute Gasteiger partial charge is 0.375 e. The van der Waals surface area contributed by atoms with E-state index in [4.69, 9.17) is 4.74 Å². The molecule has 2 fully saturated rings. The molecule has 0 amide bonds. The molecule has 1 aliphatic carbocycles. The molecule has 21 heavy (non-hydrogen) atoms. The standard InChI is InChI=1S/C18H26BrNO/c1-20-17(14-6-5-7-16(19)12-14)15-8-11-21-18(13-15)9-3-2-4-10-18/h5-7,12,15,17,20H,2-4,8-11,13H2,1H3. The molecule has 1 N–H and O–H groups in total. The van der Waals surface area contributed by atoms with E-state index in [1.165, 1.54) is 55.0 Å². The summed E-state index contributed by atoms with van der Waals surface area (Å²) in [7, 11) is 2.09. The highest BCUT2D eigenvalue weighted by atomic mass is 79.9. The van der Waals surface area contributed by atoms with Crippen molar-refractivity contribution in [2.24, 2.45) is 5.92 Å². The summed E-state index contributed by atoms with van der Waals surface area (Å²) in [5, 5.41) is 3.56. The topological polar surface area (TPSA) is 21.3 Å². The fourth-order valence-electron chi connectivity index (χ4n) is 4.27. The molecular weight excluding hydrogens is 326 g/mol. The Morgan fingerprint density at radius 3 is 2.81 bits per heavy atom. The van der Waals surface area contributed by atoms with Gasteiger partial charge in [-0.15, -0.1) is 0 Å². The average molecular weight is 352 g/mol. The Bertz CT molecular complexity index is 465. The van der Waals surface area contributed by atoms with Crippen LogP contribution in [-0.4, -0.2) is 19.3 Å². The molecule has 1 aromatic rings. The smallest absolute Gasteiger partial charge is 0.0686 e. The monoisotopic (exact) mass is 351 g/mol. The van der Waals surface area contributed by atoms with Crippen molar-refractivity contribution in [2.75, 3.05) is 13.7 Å². The molecule has 2 unspecified atom stereocenters. The van der Waals surface area contributed by atoms with Gasteiger partial charge in [0.05, 0.1) is 5.60 Å². The lowest BCUT2D eigenvalue weighted by Gasteiger charge is -2.45. The van der Waals surface area contributed by atoms with Crippen molar-refractivity contribution in [1.82, 2.24) is 5.32 Å². The second-order valence-corrected chi connectivity index (χ2v) is 7.58. The third-order valence-corrected chi connectivity index (χ3v) is 5.78. The molecule has 116 valence electrons. The van der Waals surface area contributed by atoms with Crippen LogP contribution in [0.3, 0.4) is 0 Å². The molecule has 1 saturated heterocycles. The molecule has 0 radical (unpaired) electrons. The van der Waals surface area contributed by atoms with Gasteiger partial charge in [-0.2, -0.15) is 0 Å². The zero-order valence-electron chi connectivity index (χ0n) is 12.9. The molecule has 3 rings (SSSR count). The van der Waals surface area contributed by atoms with Crippen LogP contribution in [0.1, 0.15) is 56.6 Å². The van der Waals surface area contributed by atoms with E-state index in [2.05, 4.69) is 52.6 Å². The summed E-state index contributed by atoms with van der Waals surface area (Å²) in [6.07, 6.45) is 8.97. The van der Waals surface area contributed by atoms with Gasteiger partial charge in [-0.25, -0.2) is 0 Å². The maximum atomic E-state index is 6.25. The molecule has 3 heteroatoms. The van der Waals surface area contributed by atoms with Gasteiger partial charge in [-0.05, 0) is 56.3 Å². The highest BCUT2D eigenvalue weighted by Crippen LogP contribution is 2.44. The number of nitrogens with one attached hydrogen (secondary N) is 1. The van der Waals surface area contributed by atoms with E-state index >= 15 is 0 Å². The van der Waals surface area contributed by atoms with Gasteiger partial charge in [-0.1, -0.05) is 47.3 Å². The summed E-state index contributed by atoms with van der Waals surface area (Å²) in [4.78, 5) is 0. The predicted octanol–water partition coefficient (Wildman–Crippen LogP) is 4.84. The summed E-state index contributed by atoms with van der Waals surface area (Å²) in [6, 6.07) is 9.17. The summed E-state index contributed by atoms with van der Waals surface area (Å²) in [5.74, 6) is 0.677. The van der Waals surface area contributed by atoms with E-state index in [-0.39, 0.29) is 5.60 Å². The van der Waals surface area contributed by atoms with Gasteiger partial charge in [-0.3, -0.25) is 0 Å². The Morgan fingerprint density at radius 2 is 2.10 bits per heavy atom. The number of hydrogen-bond donors (Lipinski definition) is 1. The van der Waals surface area contributed by atoms with Crippen molar-refractivity contribution < 1.29 is 4.74 Å². The highest BCUT2D eigenvalue weighted by molar-refractivity contribution is 9.10. The SMILES string of the molecule is CNC(c1cccc(Br)c1)C1CCOC2(CCCCC2)C1. The molecular formula is C18H26BrNO. The molecule has 0 aromatic heterocycles. The van der Waals surface area contributed by atoms with Crippen LogP contribution in [0.4, 0.5) is 0 Å². The molecule has 1 saturated carbocycles. The van der Waals surface area contributed by atoms with E-state index in [1.54, 1.807) is 0 Å². The van der Waals surface area contributed by atoms with E-state index < -0.39 is 0 Å². The zero-order valence-corrected chi connectivity index (χ0v) is 14.5. The van der Waals surface area contributed by atoms with Gasteiger partial charge in [0.25, 0.3) is 0 Å². The molecule has 1 aromatic carbocycles. The third kappa shape index (κ3) is 3.52. The molecule has 2 aliphatic rings. The first-order valence-corrected chi connectivity index (χ1v) is 9.08. The number of benzene rings is 1. The Balaban J connectivity index is 1.77. The molecule has 1 aliphatic heterocycles. The van der Waals surface area contributed by atoms with Crippen LogP contribution in [0.15, 0.2) is 28.7 Å². The Hall–Kier alpha value is -0.380. The first-order chi connectivity index (χ1) is 10.2. The highest BCUT2D eigenvalue weighted by Gasteiger charge is 2.40. The van der Waals surface area contributed by atoms with Gasteiger partial charge in [0.1, 0.15) is 0 Å². The fourth-order valence-corrected chi connectivity index (χ4v) is 4.69. The van der Waals surface area contributed by atoms with Crippen LogP contribution in [0.2, 0.25) is 0 Å². The van der Waals surface area contributed by atoms with Gasteiger partial charge < -0.3 is 10.1 Å².